The van der Waals surface area contributed by atoms with E-state index >= 15 is 0 Å². The third-order valence-electron chi connectivity index (χ3n) is 4.92. The fraction of sp³-hybridized carbons (Fsp3) is 0.0833. The summed E-state index contributed by atoms with van der Waals surface area (Å²) in [5, 5.41) is 9.25. The zero-order chi connectivity index (χ0) is 23.5. The molecule has 0 aliphatic rings. The molecule has 0 aliphatic carbocycles. The van der Waals surface area contributed by atoms with Crippen LogP contribution in [-0.2, 0) is 6.42 Å². The van der Waals surface area contributed by atoms with Crippen LogP contribution in [-0.4, -0.2) is 22.2 Å². The Labute approximate surface area is 209 Å². The lowest BCUT2D eigenvalue weighted by molar-refractivity contribution is 0.0946. The Bertz CT molecular complexity index is 1320. The van der Waals surface area contributed by atoms with Gasteiger partial charge < -0.3 is 5.32 Å². The fourth-order valence-electron chi connectivity index (χ4n) is 3.24. The lowest BCUT2D eigenvalue weighted by Crippen LogP contribution is -2.28. The third-order valence-corrected chi connectivity index (χ3v) is 6.25. The molecule has 0 radical (unpaired) electrons. The molecule has 0 saturated heterocycles. The van der Waals surface area contributed by atoms with Crippen molar-refractivity contribution in [3.63, 3.8) is 0 Å². The molecule has 1 heterocycles. The summed E-state index contributed by atoms with van der Waals surface area (Å²) in [5.74, 6) is -0.700. The molecule has 4 rings (SSSR count). The van der Waals surface area contributed by atoms with Gasteiger partial charge in [0.25, 0.3) is 5.91 Å². The number of aromatic nitrogens is 2. The van der Waals surface area contributed by atoms with Gasteiger partial charge in [-0.1, -0.05) is 52.5 Å². The second kappa shape index (κ2) is 10.1. The highest BCUT2D eigenvalue weighted by atomic mass is 35.5. The van der Waals surface area contributed by atoms with Crippen molar-refractivity contribution in [3.8, 4) is 16.9 Å². The molecule has 4 nitrogen and oxygen atoms in total. The average Bonchev–Trinajstić information content (AvgIpc) is 3.23. The van der Waals surface area contributed by atoms with Crippen LogP contribution in [0.25, 0.3) is 16.9 Å². The molecule has 0 unspecified atom stereocenters. The maximum atomic E-state index is 13.4. The number of hydrogen-bond acceptors (Lipinski definition) is 2. The van der Waals surface area contributed by atoms with Gasteiger partial charge >= 0.3 is 0 Å². The molecule has 0 saturated carbocycles. The summed E-state index contributed by atoms with van der Waals surface area (Å²) in [4.78, 5) is 13.1. The van der Waals surface area contributed by atoms with E-state index in [2.05, 4.69) is 10.4 Å². The topological polar surface area (TPSA) is 46.9 Å². The summed E-state index contributed by atoms with van der Waals surface area (Å²) in [6, 6.07) is 17.7. The first-order valence-corrected chi connectivity index (χ1v) is 11.4. The molecule has 4 aromatic rings. The Hall–Kier alpha value is -2.57. The summed E-state index contributed by atoms with van der Waals surface area (Å²) in [7, 11) is 0. The van der Waals surface area contributed by atoms with Crippen LogP contribution >= 0.6 is 46.4 Å². The van der Waals surface area contributed by atoms with Crippen molar-refractivity contribution in [1.82, 2.24) is 15.1 Å². The van der Waals surface area contributed by atoms with Crippen LogP contribution in [0.5, 0.6) is 0 Å². The lowest BCUT2D eigenvalue weighted by atomic mass is 10.1. The van der Waals surface area contributed by atoms with Gasteiger partial charge in [0.1, 0.15) is 11.5 Å². The zero-order valence-corrected chi connectivity index (χ0v) is 20.0. The van der Waals surface area contributed by atoms with Crippen molar-refractivity contribution in [2.75, 3.05) is 6.54 Å². The average molecular weight is 523 g/mol. The molecule has 0 fully saturated rings. The molecule has 0 atom stereocenters. The standard InChI is InChI=1S/C24H16Cl4FN3O/c25-16-4-1-14(20(27)11-16)9-10-30-24(33)23-13-22(15-2-5-17(29)6-3-15)31-32(23)18-7-8-19(26)21(28)12-18/h1-8,11-13H,9-10H2,(H,30,33). The van der Waals surface area contributed by atoms with Gasteiger partial charge in [-0.05, 0) is 72.6 Å². The first-order chi connectivity index (χ1) is 15.8. The van der Waals surface area contributed by atoms with Gasteiger partial charge in [-0.3, -0.25) is 4.79 Å². The van der Waals surface area contributed by atoms with E-state index in [0.717, 1.165) is 5.56 Å². The predicted molar refractivity (Wildman–Crippen MR) is 131 cm³/mol. The number of rotatable bonds is 6. The van der Waals surface area contributed by atoms with E-state index in [1.165, 1.54) is 16.8 Å². The van der Waals surface area contributed by atoms with Crippen molar-refractivity contribution in [2.45, 2.75) is 6.42 Å². The van der Waals surface area contributed by atoms with Crippen molar-refractivity contribution in [3.05, 3.63) is 104 Å². The minimum absolute atomic E-state index is 0.287. The van der Waals surface area contributed by atoms with Gasteiger partial charge in [0.05, 0.1) is 21.4 Å². The summed E-state index contributed by atoms with van der Waals surface area (Å²) in [5.41, 5.74) is 2.88. The first kappa shape index (κ1) is 23.6. The van der Waals surface area contributed by atoms with Crippen LogP contribution in [0.15, 0.2) is 66.7 Å². The van der Waals surface area contributed by atoms with Crippen molar-refractivity contribution in [2.24, 2.45) is 0 Å². The number of nitrogens with one attached hydrogen (secondary N) is 1. The number of halogens is 5. The summed E-state index contributed by atoms with van der Waals surface area (Å²) >= 11 is 24.4. The molecule has 1 amide bonds. The number of benzene rings is 3. The number of carbonyl (C=O) groups excluding carboxylic acids is 1. The quantitative estimate of drug-likeness (QED) is 0.289. The monoisotopic (exact) mass is 521 g/mol. The molecular weight excluding hydrogens is 507 g/mol. The SMILES string of the molecule is O=C(NCCc1ccc(Cl)cc1Cl)c1cc(-c2ccc(F)cc2)nn1-c1ccc(Cl)c(Cl)c1. The maximum absolute atomic E-state index is 13.4. The van der Waals surface area contributed by atoms with E-state index in [0.29, 0.717) is 50.0 Å². The minimum atomic E-state index is -0.360. The Morgan fingerprint density at radius 2 is 1.64 bits per heavy atom. The van der Waals surface area contributed by atoms with E-state index in [1.807, 2.05) is 6.07 Å². The van der Waals surface area contributed by atoms with Gasteiger partial charge in [0, 0.05) is 22.2 Å². The van der Waals surface area contributed by atoms with Crippen LogP contribution in [0.4, 0.5) is 4.39 Å². The molecular formula is C24H16Cl4FN3O. The van der Waals surface area contributed by atoms with Gasteiger partial charge in [0.15, 0.2) is 0 Å². The van der Waals surface area contributed by atoms with Gasteiger partial charge in [-0.25, -0.2) is 9.07 Å². The Kier molecular flexibility index (Phi) is 7.25. The normalized spacial score (nSPS) is 10.9. The second-order valence-corrected chi connectivity index (χ2v) is 8.83. The van der Waals surface area contributed by atoms with Crippen molar-refractivity contribution in [1.29, 1.82) is 0 Å². The van der Waals surface area contributed by atoms with Gasteiger partial charge in [-0.15, -0.1) is 0 Å². The largest absolute Gasteiger partial charge is 0.350 e. The van der Waals surface area contributed by atoms with Crippen LogP contribution in [0.3, 0.4) is 0 Å². The predicted octanol–water partition coefficient (Wildman–Crippen LogP) is 7.26. The first-order valence-electron chi connectivity index (χ1n) is 9.85. The minimum Gasteiger partial charge on any atom is -0.350 e. The molecule has 33 heavy (non-hydrogen) atoms. The molecule has 1 N–H and O–H groups in total. The Balaban J connectivity index is 1.62. The van der Waals surface area contributed by atoms with Gasteiger partial charge in [-0.2, -0.15) is 5.10 Å². The van der Waals surface area contributed by atoms with E-state index in [4.69, 9.17) is 46.4 Å². The maximum Gasteiger partial charge on any atom is 0.270 e. The zero-order valence-electron chi connectivity index (χ0n) is 17.0. The van der Waals surface area contributed by atoms with E-state index in [-0.39, 0.29) is 17.4 Å². The molecule has 0 spiro atoms. The highest BCUT2D eigenvalue weighted by molar-refractivity contribution is 6.42. The van der Waals surface area contributed by atoms with E-state index < -0.39 is 0 Å². The van der Waals surface area contributed by atoms with Crippen molar-refractivity contribution < 1.29 is 9.18 Å². The smallest absolute Gasteiger partial charge is 0.270 e. The lowest BCUT2D eigenvalue weighted by Gasteiger charge is -2.10. The second-order valence-electron chi connectivity index (χ2n) is 7.17. The highest BCUT2D eigenvalue weighted by Gasteiger charge is 2.18. The number of hydrogen-bond donors (Lipinski definition) is 1. The Morgan fingerprint density at radius 3 is 2.33 bits per heavy atom. The van der Waals surface area contributed by atoms with Crippen molar-refractivity contribution >= 4 is 52.3 Å². The van der Waals surface area contributed by atoms with Crippen LogP contribution in [0.2, 0.25) is 20.1 Å². The van der Waals surface area contributed by atoms with E-state index in [1.54, 1.807) is 48.5 Å². The highest BCUT2D eigenvalue weighted by Crippen LogP contribution is 2.27. The molecule has 0 aliphatic heterocycles. The molecule has 168 valence electrons. The number of amides is 1. The van der Waals surface area contributed by atoms with Crippen LogP contribution in [0, 0.1) is 5.82 Å². The number of carbonyl (C=O) groups is 1. The summed E-state index contributed by atoms with van der Waals surface area (Å²) < 4.78 is 14.8. The van der Waals surface area contributed by atoms with E-state index in [9.17, 15) is 9.18 Å². The third kappa shape index (κ3) is 5.50. The molecule has 3 aromatic carbocycles. The number of nitrogens with zero attached hydrogens (tertiary/aromatic N) is 2. The fourth-order valence-corrected chi connectivity index (χ4v) is 4.04. The summed E-state index contributed by atoms with van der Waals surface area (Å²) in [6.45, 7) is 0.346. The Morgan fingerprint density at radius 1 is 0.879 bits per heavy atom. The van der Waals surface area contributed by atoms with Gasteiger partial charge in [0.2, 0.25) is 0 Å². The summed E-state index contributed by atoms with van der Waals surface area (Å²) in [6.07, 6.45) is 0.521. The van der Waals surface area contributed by atoms with Crippen LogP contribution < -0.4 is 5.32 Å². The molecule has 0 bridgehead atoms. The van der Waals surface area contributed by atoms with Crippen LogP contribution in [0.1, 0.15) is 16.1 Å². The molecule has 1 aromatic heterocycles. The molecule has 9 heteroatoms.